The molecule has 7 nitrogen and oxygen atoms in total. The number of benzene rings is 1. The number of ether oxygens (including phenoxy) is 1. The van der Waals surface area contributed by atoms with Crippen LogP contribution in [0.1, 0.15) is 34.6 Å². The van der Waals surface area contributed by atoms with Gasteiger partial charge in [0, 0.05) is 31.8 Å². The van der Waals surface area contributed by atoms with Gasteiger partial charge in [0.2, 0.25) is 0 Å². The highest BCUT2D eigenvalue weighted by molar-refractivity contribution is 5.82. The van der Waals surface area contributed by atoms with Gasteiger partial charge in [-0.2, -0.15) is 0 Å². The fourth-order valence-corrected chi connectivity index (χ4v) is 3.45. The fraction of sp³-hybridized carbons (Fsp3) is 0.318. The van der Waals surface area contributed by atoms with E-state index in [1.165, 1.54) is 0 Å². The molecular weight excluding hydrogens is 370 g/mol. The smallest absolute Gasteiger partial charge is 0.256 e. The van der Waals surface area contributed by atoms with Crippen LogP contribution in [0.5, 0.6) is 5.75 Å². The quantitative estimate of drug-likeness (QED) is 0.692. The Morgan fingerprint density at radius 3 is 2.83 bits per heavy atom. The largest absolute Gasteiger partial charge is 0.497 e. The van der Waals surface area contributed by atoms with Crippen molar-refractivity contribution in [3.05, 3.63) is 77.3 Å². The summed E-state index contributed by atoms with van der Waals surface area (Å²) in [5, 5.41) is 10.5. The Balaban J connectivity index is 1.39. The summed E-state index contributed by atoms with van der Waals surface area (Å²) in [7, 11) is 1.57. The zero-order valence-corrected chi connectivity index (χ0v) is 16.2. The fourth-order valence-electron chi connectivity index (χ4n) is 3.45. The molecule has 3 aromatic rings. The van der Waals surface area contributed by atoms with Crippen LogP contribution in [0.2, 0.25) is 0 Å². The first-order chi connectivity index (χ1) is 14.1. The molecule has 0 aliphatic carbocycles. The van der Waals surface area contributed by atoms with Crippen LogP contribution in [0.25, 0.3) is 0 Å². The zero-order valence-electron chi connectivity index (χ0n) is 16.2. The number of hydrogen-bond donors (Lipinski definition) is 1. The van der Waals surface area contributed by atoms with Crippen LogP contribution >= 0.6 is 0 Å². The molecule has 1 amide bonds. The van der Waals surface area contributed by atoms with E-state index in [1.54, 1.807) is 42.5 Å². The maximum atomic E-state index is 12.8. The first-order valence-corrected chi connectivity index (χ1v) is 9.61. The first-order valence-electron chi connectivity index (χ1n) is 9.61. The van der Waals surface area contributed by atoms with E-state index in [-0.39, 0.29) is 5.91 Å². The molecule has 3 heterocycles. The number of rotatable bonds is 6. The number of fused-ring (bicyclic) bond motifs is 1. The molecule has 0 fully saturated rings. The van der Waals surface area contributed by atoms with Gasteiger partial charge >= 0.3 is 0 Å². The van der Waals surface area contributed by atoms with Gasteiger partial charge in [0.25, 0.3) is 5.91 Å². The minimum atomic E-state index is -1.21. The van der Waals surface area contributed by atoms with Gasteiger partial charge in [-0.05, 0) is 35.7 Å². The second-order valence-corrected chi connectivity index (χ2v) is 7.02. The predicted octanol–water partition coefficient (Wildman–Crippen LogP) is 2.48. The van der Waals surface area contributed by atoms with Crippen molar-refractivity contribution in [2.24, 2.45) is 0 Å². The highest BCUT2D eigenvalue weighted by Crippen LogP contribution is 2.25. The van der Waals surface area contributed by atoms with E-state index in [1.807, 2.05) is 18.3 Å². The van der Waals surface area contributed by atoms with E-state index in [4.69, 9.17) is 9.15 Å². The Bertz CT molecular complexity index is 969. The topological polar surface area (TPSA) is 88.7 Å². The number of aliphatic hydroxyl groups excluding tert-OH is 1. The summed E-state index contributed by atoms with van der Waals surface area (Å²) >= 11 is 0. The summed E-state index contributed by atoms with van der Waals surface area (Å²) in [5.74, 6) is 1.84. The van der Waals surface area contributed by atoms with Gasteiger partial charge in [0.1, 0.15) is 17.2 Å². The van der Waals surface area contributed by atoms with Crippen molar-refractivity contribution in [3.63, 3.8) is 0 Å². The van der Waals surface area contributed by atoms with Crippen molar-refractivity contribution >= 4 is 5.91 Å². The van der Waals surface area contributed by atoms with Crippen molar-refractivity contribution in [2.45, 2.75) is 31.9 Å². The second kappa shape index (κ2) is 8.45. The van der Waals surface area contributed by atoms with E-state index < -0.39 is 6.10 Å². The maximum absolute atomic E-state index is 12.8. The van der Waals surface area contributed by atoms with E-state index in [0.717, 1.165) is 23.4 Å². The number of carbonyl (C=O) groups is 1. The van der Waals surface area contributed by atoms with Crippen LogP contribution < -0.4 is 4.74 Å². The molecule has 4 rings (SSSR count). The number of pyridine rings is 1. The number of oxazole rings is 1. The van der Waals surface area contributed by atoms with E-state index >= 15 is 0 Å². The molecule has 0 saturated carbocycles. The van der Waals surface area contributed by atoms with Gasteiger partial charge in [-0.3, -0.25) is 9.78 Å². The summed E-state index contributed by atoms with van der Waals surface area (Å²) < 4.78 is 11.0. The lowest BCUT2D eigenvalue weighted by atomic mass is 10.1. The van der Waals surface area contributed by atoms with Crippen LogP contribution in [-0.2, 0) is 30.6 Å². The zero-order chi connectivity index (χ0) is 20.2. The summed E-state index contributed by atoms with van der Waals surface area (Å²) in [4.78, 5) is 23.1. The molecule has 1 aliphatic rings. The molecule has 1 N–H and O–H groups in total. The molecule has 0 saturated heterocycles. The number of nitrogens with zero attached hydrogens (tertiary/aromatic N) is 3. The lowest BCUT2D eigenvalue weighted by molar-refractivity contribution is -0.141. The molecule has 1 unspecified atom stereocenters. The van der Waals surface area contributed by atoms with Crippen molar-refractivity contribution in [2.75, 3.05) is 13.7 Å². The number of aryl methyl sites for hydroxylation is 2. The molecule has 2 aromatic heterocycles. The van der Waals surface area contributed by atoms with Crippen molar-refractivity contribution in [3.8, 4) is 5.75 Å². The number of aliphatic hydroxyl groups is 1. The Labute approximate surface area is 169 Å². The van der Waals surface area contributed by atoms with Crippen LogP contribution in [0.15, 0.2) is 53.2 Å². The summed E-state index contributed by atoms with van der Waals surface area (Å²) in [6, 6.07) is 10.8. The van der Waals surface area contributed by atoms with Gasteiger partial charge in [0.05, 0.1) is 13.7 Å². The average Bonchev–Trinajstić information content (AvgIpc) is 3.19. The molecule has 7 heteroatoms. The van der Waals surface area contributed by atoms with Crippen molar-refractivity contribution in [1.82, 2.24) is 14.9 Å². The average molecular weight is 393 g/mol. The summed E-state index contributed by atoms with van der Waals surface area (Å²) in [5.41, 5.74) is 2.44. The van der Waals surface area contributed by atoms with Crippen LogP contribution in [0.3, 0.4) is 0 Å². The number of carbonyl (C=O) groups excluding carboxylic acids is 1. The highest BCUT2D eigenvalue weighted by atomic mass is 16.5. The Morgan fingerprint density at radius 1 is 1.28 bits per heavy atom. The highest BCUT2D eigenvalue weighted by Gasteiger charge is 2.29. The molecule has 0 radical (unpaired) electrons. The van der Waals surface area contributed by atoms with Crippen LogP contribution in [-0.4, -0.2) is 39.5 Å². The monoisotopic (exact) mass is 393 g/mol. The molecule has 0 bridgehead atoms. The second-order valence-electron chi connectivity index (χ2n) is 7.02. The normalized spacial score (nSPS) is 14.3. The van der Waals surface area contributed by atoms with Crippen LogP contribution in [0, 0.1) is 0 Å². The van der Waals surface area contributed by atoms with Gasteiger partial charge in [-0.1, -0.05) is 18.2 Å². The van der Waals surface area contributed by atoms with Crippen molar-refractivity contribution < 1.29 is 19.1 Å². The summed E-state index contributed by atoms with van der Waals surface area (Å²) in [6.07, 6.45) is 4.45. The standard InChI is InChI=1S/C22H23N3O4/c1-28-17-7-5-16(6-8-17)21(26)22(27)25-12-10-19-18(14-25)24-20(29-19)9-4-15-3-2-11-23-13-15/h2-3,5-8,11,13,21,26H,4,9-10,12,14H2,1H3. The third-order valence-corrected chi connectivity index (χ3v) is 5.10. The maximum Gasteiger partial charge on any atom is 0.256 e. The third kappa shape index (κ3) is 4.30. The van der Waals surface area contributed by atoms with E-state index in [9.17, 15) is 9.90 Å². The number of hydrogen-bond acceptors (Lipinski definition) is 6. The Kier molecular flexibility index (Phi) is 5.57. The number of amides is 1. The number of methoxy groups -OCH3 is 1. The number of aromatic nitrogens is 2. The molecular formula is C22H23N3O4. The van der Waals surface area contributed by atoms with E-state index in [0.29, 0.717) is 43.1 Å². The minimum Gasteiger partial charge on any atom is -0.497 e. The lowest BCUT2D eigenvalue weighted by Gasteiger charge is -2.27. The van der Waals surface area contributed by atoms with Crippen molar-refractivity contribution in [1.29, 1.82) is 0 Å². The molecule has 150 valence electrons. The van der Waals surface area contributed by atoms with Gasteiger partial charge in [-0.25, -0.2) is 4.98 Å². The van der Waals surface area contributed by atoms with Gasteiger partial charge < -0.3 is 19.2 Å². The molecule has 1 atom stereocenters. The molecule has 29 heavy (non-hydrogen) atoms. The molecule has 1 aromatic carbocycles. The molecule has 0 spiro atoms. The van der Waals surface area contributed by atoms with E-state index in [2.05, 4.69) is 9.97 Å². The first kappa shape index (κ1) is 19.1. The Hall–Kier alpha value is -3.19. The third-order valence-electron chi connectivity index (χ3n) is 5.10. The van der Waals surface area contributed by atoms with Crippen LogP contribution in [0.4, 0.5) is 0 Å². The lowest BCUT2D eigenvalue weighted by Crippen LogP contribution is -2.38. The Morgan fingerprint density at radius 2 is 2.10 bits per heavy atom. The molecule has 1 aliphatic heterocycles. The minimum absolute atomic E-state index is 0.333. The summed E-state index contributed by atoms with van der Waals surface area (Å²) in [6.45, 7) is 0.841. The van der Waals surface area contributed by atoms with Gasteiger partial charge in [-0.15, -0.1) is 0 Å². The SMILES string of the molecule is COc1ccc(C(O)C(=O)N2CCc3oc(CCc4cccnc4)nc3C2)cc1. The predicted molar refractivity (Wildman–Crippen MR) is 105 cm³/mol. The van der Waals surface area contributed by atoms with Gasteiger partial charge in [0.15, 0.2) is 12.0 Å².